The topological polar surface area (TPSA) is 143 Å². The van der Waals surface area contributed by atoms with Gasteiger partial charge in [0.25, 0.3) is 5.69 Å². The zero-order valence-corrected chi connectivity index (χ0v) is 14.2. The molecule has 0 heterocycles. The van der Waals surface area contributed by atoms with Gasteiger partial charge in [-0.15, -0.1) is 0 Å². The Kier molecular flexibility index (Phi) is 6.24. The number of nitrogens with one attached hydrogen (secondary N) is 1. The smallest absolute Gasteiger partial charge is 0.269 e. The van der Waals surface area contributed by atoms with E-state index in [-0.39, 0.29) is 17.2 Å². The van der Waals surface area contributed by atoms with Crippen LogP contribution in [0, 0.1) is 21.4 Å². The maximum atomic E-state index is 12.3. The van der Waals surface area contributed by atoms with Crippen molar-refractivity contribution in [3.8, 4) is 11.8 Å². The summed E-state index contributed by atoms with van der Waals surface area (Å²) >= 11 is 0. The lowest BCUT2D eigenvalue weighted by molar-refractivity contribution is -0.384. The zero-order valence-electron chi connectivity index (χ0n) is 13.4. The number of nitriles is 1. The summed E-state index contributed by atoms with van der Waals surface area (Å²) in [6, 6.07) is 11.6. The third-order valence-electron chi connectivity index (χ3n) is 3.33. The highest BCUT2D eigenvalue weighted by atomic mass is 32.2. The van der Waals surface area contributed by atoms with E-state index in [1.54, 1.807) is 24.3 Å². The standard InChI is InChI=1S/C16H15N3O6S/c17-9-12-1-5-15(6-2-12)25-11-13(10-20)18-26(23,24)16-7-3-14(4-8-16)19(21)22/h1-8,13,18,20H,10-11H2/t13-/m1/s1. The van der Waals surface area contributed by atoms with E-state index < -0.39 is 27.6 Å². The molecular weight excluding hydrogens is 362 g/mol. The summed E-state index contributed by atoms with van der Waals surface area (Å²) in [4.78, 5) is 9.82. The van der Waals surface area contributed by atoms with Crippen molar-refractivity contribution in [2.75, 3.05) is 13.2 Å². The Morgan fingerprint density at radius 3 is 2.31 bits per heavy atom. The molecule has 0 aromatic heterocycles. The van der Waals surface area contributed by atoms with Crippen LogP contribution in [-0.4, -0.2) is 37.7 Å². The Hall–Kier alpha value is -3.00. The number of nitro benzene ring substituents is 1. The molecule has 2 aromatic rings. The maximum Gasteiger partial charge on any atom is 0.269 e. The van der Waals surface area contributed by atoms with E-state index in [0.717, 1.165) is 24.3 Å². The second-order valence-corrected chi connectivity index (χ2v) is 6.91. The monoisotopic (exact) mass is 377 g/mol. The van der Waals surface area contributed by atoms with Gasteiger partial charge in [-0.25, -0.2) is 13.1 Å². The van der Waals surface area contributed by atoms with Gasteiger partial charge in [0.2, 0.25) is 10.0 Å². The van der Waals surface area contributed by atoms with Crippen LogP contribution in [0.25, 0.3) is 0 Å². The van der Waals surface area contributed by atoms with Crippen molar-refractivity contribution in [2.45, 2.75) is 10.9 Å². The Bertz CT molecular complexity index is 904. The molecule has 0 spiro atoms. The molecule has 0 unspecified atom stereocenters. The van der Waals surface area contributed by atoms with Gasteiger partial charge < -0.3 is 9.84 Å². The van der Waals surface area contributed by atoms with E-state index in [1.165, 1.54) is 0 Å². The molecule has 2 rings (SSSR count). The number of nitro groups is 1. The largest absolute Gasteiger partial charge is 0.492 e. The average Bonchev–Trinajstić information content (AvgIpc) is 2.65. The van der Waals surface area contributed by atoms with Gasteiger partial charge in [-0.05, 0) is 36.4 Å². The SMILES string of the molecule is N#Cc1ccc(OC[C@@H](CO)NS(=O)(=O)c2ccc([N+](=O)[O-])cc2)cc1. The van der Waals surface area contributed by atoms with Crippen LogP contribution >= 0.6 is 0 Å². The maximum absolute atomic E-state index is 12.3. The lowest BCUT2D eigenvalue weighted by Crippen LogP contribution is -2.41. The molecule has 10 heteroatoms. The number of hydrogen-bond acceptors (Lipinski definition) is 7. The highest BCUT2D eigenvalue weighted by Gasteiger charge is 2.21. The molecule has 1 atom stereocenters. The summed E-state index contributed by atoms with van der Waals surface area (Å²) in [6.07, 6.45) is 0. The van der Waals surface area contributed by atoms with Gasteiger partial charge in [0, 0.05) is 12.1 Å². The van der Waals surface area contributed by atoms with Crippen LogP contribution in [0.5, 0.6) is 5.75 Å². The van der Waals surface area contributed by atoms with Crippen LogP contribution in [0.15, 0.2) is 53.4 Å². The van der Waals surface area contributed by atoms with Crippen molar-refractivity contribution in [1.82, 2.24) is 4.72 Å². The summed E-state index contributed by atoms with van der Waals surface area (Å²) in [5, 5.41) is 28.7. The van der Waals surface area contributed by atoms with Gasteiger partial charge >= 0.3 is 0 Å². The second kappa shape index (κ2) is 8.39. The first kappa shape index (κ1) is 19.3. The molecule has 0 bridgehead atoms. The van der Waals surface area contributed by atoms with Gasteiger partial charge in [-0.1, -0.05) is 0 Å². The Balaban J connectivity index is 2.02. The summed E-state index contributed by atoms with van der Waals surface area (Å²) in [7, 11) is -3.98. The van der Waals surface area contributed by atoms with E-state index in [0.29, 0.717) is 11.3 Å². The molecule has 0 saturated heterocycles. The molecule has 0 amide bonds. The minimum Gasteiger partial charge on any atom is -0.492 e. The molecule has 0 aliphatic carbocycles. The van der Waals surface area contributed by atoms with Crippen LogP contribution < -0.4 is 9.46 Å². The van der Waals surface area contributed by atoms with E-state index in [4.69, 9.17) is 10.00 Å². The molecule has 136 valence electrons. The highest BCUT2D eigenvalue weighted by molar-refractivity contribution is 7.89. The lowest BCUT2D eigenvalue weighted by atomic mass is 10.2. The van der Waals surface area contributed by atoms with Crippen molar-refractivity contribution in [3.05, 3.63) is 64.2 Å². The number of aliphatic hydroxyl groups is 1. The summed E-state index contributed by atoms with van der Waals surface area (Å²) in [5.41, 5.74) is 0.224. The third-order valence-corrected chi connectivity index (χ3v) is 4.87. The lowest BCUT2D eigenvalue weighted by Gasteiger charge is -2.17. The molecule has 9 nitrogen and oxygen atoms in total. The van der Waals surface area contributed by atoms with Crippen LogP contribution in [0.4, 0.5) is 5.69 Å². The van der Waals surface area contributed by atoms with E-state index in [2.05, 4.69) is 4.72 Å². The fourth-order valence-corrected chi connectivity index (χ4v) is 3.19. The van der Waals surface area contributed by atoms with Crippen molar-refractivity contribution in [3.63, 3.8) is 0 Å². The number of aliphatic hydroxyl groups excluding tert-OH is 1. The summed E-state index contributed by atoms with van der Waals surface area (Å²) in [6.45, 7) is -0.656. The van der Waals surface area contributed by atoms with E-state index in [9.17, 15) is 23.6 Å². The van der Waals surface area contributed by atoms with Gasteiger partial charge in [0.05, 0.1) is 34.1 Å². The molecule has 0 aliphatic rings. The first-order chi connectivity index (χ1) is 12.4. The first-order valence-electron chi connectivity index (χ1n) is 7.36. The molecule has 0 aliphatic heterocycles. The fraction of sp³-hybridized carbons (Fsp3) is 0.188. The molecule has 0 radical (unpaired) electrons. The number of hydrogen-bond donors (Lipinski definition) is 2. The number of benzene rings is 2. The molecule has 0 saturated carbocycles. The van der Waals surface area contributed by atoms with Crippen molar-refractivity contribution < 1.29 is 23.2 Å². The Morgan fingerprint density at radius 1 is 1.19 bits per heavy atom. The Labute approximate surface area is 149 Å². The van der Waals surface area contributed by atoms with Gasteiger partial charge in [-0.3, -0.25) is 10.1 Å². The molecule has 2 aromatic carbocycles. The quantitative estimate of drug-likeness (QED) is 0.519. The number of ether oxygens (including phenoxy) is 1. The van der Waals surface area contributed by atoms with Crippen molar-refractivity contribution >= 4 is 15.7 Å². The predicted molar refractivity (Wildman–Crippen MR) is 90.9 cm³/mol. The van der Waals surface area contributed by atoms with E-state index in [1.807, 2.05) is 6.07 Å². The highest BCUT2D eigenvalue weighted by Crippen LogP contribution is 2.16. The average molecular weight is 377 g/mol. The second-order valence-electron chi connectivity index (χ2n) is 5.20. The summed E-state index contributed by atoms with van der Waals surface area (Å²) in [5.74, 6) is 0.414. The molecule has 0 fully saturated rings. The van der Waals surface area contributed by atoms with Gasteiger partial charge in [0.15, 0.2) is 0 Å². The minimum absolute atomic E-state index is 0.144. The van der Waals surface area contributed by atoms with Gasteiger partial charge in [-0.2, -0.15) is 5.26 Å². The number of nitrogens with zero attached hydrogens (tertiary/aromatic N) is 2. The first-order valence-corrected chi connectivity index (χ1v) is 8.84. The van der Waals surface area contributed by atoms with Crippen molar-refractivity contribution in [1.29, 1.82) is 5.26 Å². The van der Waals surface area contributed by atoms with Crippen LogP contribution in [0.2, 0.25) is 0 Å². The van der Waals surface area contributed by atoms with Gasteiger partial charge in [0.1, 0.15) is 12.4 Å². The fourth-order valence-electron chi connectivity index (χ4n) is 1.98. The Morgan fingerprint density at radius 2 is 1.81 bits per heavy atom. The van der Waals surface area contributed by atoms with Crippen LogP contribution in [0.1, 0.15) is 5.56 Å². The number of non-ortho nitro benzene ring substituents is 1. The van der Waals surface area contributed by atoms with E-state index >= 15 is 0 Å². The normalized spacial score (nSPS) is 12.2. The molecular formula is C16H15N3O6S. The van der Waals surface area contributed by atoms with Crippen LogP contribution in [0.3, 0.4) is 0 Å². The third kappa shape index (κ3) is 5.00. The number of rotatable bonds is 8. The minimum atomic E-state index is -3.98. The van der Waals surface area contributed by atoms with Crippen LogP contribution in [-0.2, 0) is 10.0 Å². The summed E-state index contributed by atoms with van der Waals surface area (Å²) < 4.78 is 32.3. The predicted octanol–water partition coefficient (Wildman–Crippen LogP) is 1.18. The number of sulfonamides is 1. The zero-order chi connectivity index (χ0) is 19.2. The molecule has 26 heavy (non-hydrogen) atoms. The van der Waals surface area contributed by atoms with Crippen molar-refractivity contribution in [2.24, 2.45) is 0 Å². The molecule has 2 N–H and O–H groups in total.